The number of thiophene rings is 1. The molecule has 4 aliphatic rings. The quantitative estimate of drug-likeness (QED) is 0.311. The second kappa shape index (κ2) is 10.7. The lowest BCUT2D eigenvalue weighted by atomic mass is 9.80. The Bertz CT molecular complexity index is 1960. The van der Waals surface area contributed by atoms with Crippen LogP contribution in [0.4, 0.5) is 19.6 Å². The van der Waals surface area contributed by atoms with Crippen LogP contribution >= 0.6 is 22.9 Å². The molecule has 2 N–H and O–H groups in total. The Hall–Kier alpha value is -3.54. The van der Waals surface area contributed by atoms with Gasteiger partial charge in [0.25, 0.3) is 0 Å². The molecule has 14 heteroatoms. The van der Waals surface area contributed by atoms with Crippen molar-refractivity contribution in [3.63, 3.8) is 0 Å². The Morgan fingerprint density at radius 3 is 2.70 bits per heavy atom. The molecule has 240 valence electrons. The predicted molar refractivity (Wildman–Crippen MR) is 173 cm³/mol. The van der Waals surface area contributed by atoms with Crippen molar-refractivity contribution in [1.82, 2.24) is 19.8 Å². The van der Waals surface area contributed by atoms with Gasteiger partial charge in [0.05, 0.1) is 39.9 Å². The Morgan fingerprint density at radius 1 is 1.22 bits per heavy atom. The molecule has 0 bridgehead atoms. The number of hydrogen-bond acceptors (Lipinski definition) is 11. The van der Waals surface area contributed by atoms with Crippen molar-refractivity contribution in [2.24, 2.45) is 0 Å². The maximum absolute atomic E-state index is 17.2. The first-order valence-corrected chi connectivity index (χ1v) is 16.5. The zero-order valence-corrected chi connectivity index (χ0v) is 27.1. The van der Waals surface area contributed by atoms with E-state index in [1.54, 1.807) is 0 Å². The number of nitrogens with zero attached hydrogens (tertiary/aromatic N) is 6. The van der Waals surface area contributed by atoms with Crippen LogP contribution in [0.3, 0.4) is 0 Å². The van der Waals surface area contributed by atoms with Gasteiger partial charge in [0, 0.05) is 30.1 Å². The van der Waals surface area contributed by atoms with Crippen molar-refractivity contribution in [3.05, 3.63) is 34.4 Å². The molecule has 0 saturated carbocycles. The van der Waals surface area contributed by atoms with E-state index in [0.717, 1.165) is 43.8 Å². The molecular formula is C32H32ClF2N7O3S. The van der Waals surface area contributed by atoms with E-state index in [4.69, 9.17) is 36.5 Å². The van der Waals surface area contributed by atoms with Crippen molar-refractivity contribution in [3.8, 4) is 29.0 Å². The Balaban J connectivity index is 1.36. The number of nitrogens with two attached hydrogens (primary N) is 1. The van der Waals surface area contributed by atoms with Gasteiger partial charge in [-0.3, -0.25) is 4.90 Å². The second-order valence-electron chi connectivity index (χ2n) is 12.8. The standard InChI is InChI=1S/C32H32ClF2N7O3S/c1-15(19-5-4-8-41(19)3)45-31-38-26-23-27(43-10-9-42(30(23)39-31)20-12-44-32(20)13-40(2)14-32)24(33)22(25(26)35)16-6-7-18(34)28-21(16)17(11-36)29(37)46-28/h6-7,15,19-20H,4-5,8-10,12-14,37H2,1-3H3/t15-,19-,20?/m0/s1. The summed E-state index contributed by atoms with van der Waals surface area (Å²) < 4.78 is 51.1. The van der Waals surface area contributed by atoms with Crippen molar-refractivity contribution < 1.29 is 23.0 Å². The lowest BCUT2D eigenvalue weighted by molar-refractivity contribution is -0.232. The first kappa shape index (κ1) is 29.8. The van der Waals surface area contributed by atoms with Crippen molar-refractivity contribution >= 4 is 54.7 Å². The molecule has 4 aromatic rings. The minimum atomic E-state index is -0.752. The molecule has 0 aliphatic carbocycles. The molecule has 46 heavy (non-hydrogen) atoms. The molecule has 8 rings (SSSR count). The number of ether oxygens (including phenoxy) is 3. The lowest BCUT2D eigenvalue weighted by Crippen LogP contribution is -2.79. The summed E-state index contributed by atoms with van der Waals surface area (Å²) in [6.45, 7) is 5.67. The summed E-state index contributed by atoms with van der Waals surface area (Å²) >= 11 is 7.99. The second-order valence-corrected chi connectivity index (χ2v) is 14.2. The van der Waals surface area contributed by atoms with Crippen LogP contribution in [-0.2, 0) is 4.74 Å². The van der Waals surface area contributed by atoms with Crippen LogP contribution in [0.5, 0.6) is 11.8 Å². The molecule has 2 aromatic heterocycles. The van der Waals surface area contributed by atoms with E-state index in [1.807, 2.05) is 14.0 Å². The summed E-state index contributed by atoms with van der Waals surface area (Å²) in [5.74, 6) is -0.627. The third-order valence-electron chi connectivity index (χ3n) is 9.99. The van der Waals surface area contributed by atoms with E-state index in [0.29, 0.717) is 24.4 Å². The van der Waals surface area contributed by atoms with E-state index in [1.165, 1.54) is 12.1 Å². The lowest BCUT2D eigenvalue weighted by Gasteiger charge is -2.61. The minimum Gasteiger partial charge on any atom is -0.489 e. The number of nitriles is 1. The highest BCUT2D eigenvalue weighted by Gasteiger charge is 2.58. The first-order chi connectivity index (χ1) is 22.1. The van der Waals surface area contributed by atoms with E-state index in [2.05, 4.69) is 32.8 Å². The summed E-state index contributed by atoms with van der Waals surface area (Å²) in [4.78, 5) is 16.1. The maximum Gasteiger partial charge on any atom is 0.319 e. The Labute approximate surface area is 273 Å². The van der Waals surface area contributed by atoms with Crippen molar-refractivity contribution in [2.45, 2.75) is 43.6 Å². The summed E-state index contributed by atoms with van der Waals surface area (Å²) in [6.07, 6.45) is 1.77. The molecule has 0 amide bonds. The monoisotopic (exact) mass is 667 g/mol. The molecular weight excluding hydrogens is 636 g/mol. The molecule has 0 radical (unpaired) electrons. The van der Waals surface area contributed by atoms with Crippen LogP contribution < -0.4 is 20.1 Å². The highest BCUT2D eigenvalue weighted by atomic mass is 35.5. The molecule has 3 saturated heterocycles. The third-order valence-corrected chi connectivity index (χ3v) is 11.4. The van der Waals surface area contributed by atoms with Crippen molar-refractivity contribution in [2.75, 3.05) is 64.1 Å². The van der Waals surface area contributed by atoms with Gasteiger partial charge in [-0.05, 0) is 52.0 Å². The molecule has 1 unspecified atom stereocenters. The van der Waals surface area contributed by atoms with Crippen LogP contribution in [0.15, 0.2) is 12.1 Å². The summed E-state index contributed by atoms with van der Waals surface area (Å²) in [6, 6.07) is 4.87. The maximum atomic E-state index is 17.2. The molecule has 2 aromatic carbocycles. The van der Waals surface area contributed by atoms with Crippen LogP contribution in [0.2, 0.25) is 5.02 Å². The average molecular weight is 668 g/mol. The van der Waals surface area contributed by atoms with Crippen LogP contribution in [0, 0.1) is 23.0 Å². The zero-order chi connectivity index (χ0) is 32.1. The van der Waals surface area contributed by atoms with Gasteiger partial charge in [-0.15, -0.1) is 11.3 Å². The fraction of sp³-hybridized carbons (Fsp3) is 0.469. The topological polar surface area (TPSA) is 113 Å². The van der Waals surface area contributed by atoms with Gasteiger partial charge in [0.1, 0.15) is 46.5 Å². The summed E-state index contributed by atoms with van der Waals surface area (Å²) in [5, 5.41) is 10.6. The fourth-order valence-corrected chi connectivity index (χ4v) is 9.03. The summed E-state index contributed by atoms with van der Waals surface area (Å²) in [7, 11) is 4.11. The highest BCUT2D eigenvalue weighted by Crippen LogP contribution is 2.52. The van der Waals surface area contributed by atoms with Gasteiger partial charge < -0.3 is 29.7 Å². The number of aromatic nitrogens is 2. The van der Waals surface area contributed by atoms with Gasteiger partial charge >= 0.3 is 6.01 Å². The van der Waals surface area contributed by atoms with E-state index >= 15 is 4.39 Å². The van der Waals surface area contributed by atoms with Crippen LogP contribution in [-0.4, -0.2) is 97.0 Å². The number of hydrogen-bond donors (Lipinski definition) is 1. The largest absolute Gasteiger partial charge is 0.489 e. The SMILES string of the molecule is C[C@H](Oc1nc2c3c(c(Cl)c(-c4ccc(F)c5sc(N)c(C#N)c45)c(F)c3n1)OCCN2C1COC12CN(C)C2)[C@@H]1CCCN1C. The Morgan fingerprint density at radius 2 is 2.02 bits per heavy atom. The van der Waals surface area contributed by atoms with Gasteiger partial charge in [0.2, 0.25) is 0 Å². The minimum absolute atomic E-state index is 0.0177. The van der Waals surface area contributed by atoms with Gasteiger partial charge in [-0.2, -0.15) is 15.2 Å². The number of fused-ring (bicyclic) bond motifs is 1. The Kier molecular flexibility index (Phi) is 6.97. The van der Waals surface area contributed by atoms with Crippen LogP contribution in [0.1, 0.15) is 25.3 Å². The molecule has 10 nitrogen and oxygen atoms in total. The summed E-state index contributed by atoms with van der Waals surface area (Å²) in [5.41, 5.74) is 5.94. The number of anilines is 2. The van der Waals surface area contributed by atoms with Gasteiger partial charge in [-0.25, -0.2) is 8.78 Å². The number of halogens is 3. The molecule has 6 heterocycles. The predicted octanol–water partition coefficient (Wildman–Crippen LogP) is 5.04. The van der Waals surface area contributed by atoms with E-state index in [9.17, 15) is 9.65 Å². The molecule has 3 atom stereocenters. The normalized spacial score (nSPS) is 23.2. The number of rotatable bonds is 5. The number of likely N-dealkylation sites (N-methyl/N-ethyl adjacent to an activating group) is 2. The van der Waals surface area contributed by atoms with Gasteiger partial charge in [-0.1, -0.05) is 17.7 Å². The highest BCUT2D eigenvalue weighted by molar-refractivity contribution is 7.23. The fourth-order valence-electron chi connectivity index (χ4n) is 7.74. The molecule has 1 spiro atoms. The van der Waals surface area contributed by atoms with E-state index in [-0.39, 0.29) is 84.5 Å². The number of likely N-dealkylation sites (tertiary alicyclic amines) is 2. The zero-order valence-electron chi connectivity index (χ0n) is 25.6. The van der Waals surface area contributed by atoms with Crippen LogP contribution in [0.25, 0.3) is 32.1 Å². The number of benzene rings is 2. The molecule has 3 fully saturated rings. The van der Waals surface area contributed by atoms with Gasteiger partial charge in [0.15, 0.2) is 11.6 Å². The van der Waals surface area contributed by atoms with E-state index < -0.39 is 11.6 Å². The van der Waals surface area contributed by atoms with Crippen molar-refractivity contribution in [1.29, 1.82) is 5.26 Å². The smallest absolute Gasteiger partial charge is 0.319 e. The average Bonchev–Trinajstić information content (AvgIpc) is 3.53. The first-order valence-electron chi connectivity index (χ1n) is 15.3. The molecule has 4 aliphatic heterocycles. The third kappa shape index (κ3) is 4.27. The number of nitrogen functional groups attached to an aromatic ring is 1.